The first-order valence-corrected chi connectivity index (χ1v) is 9.19. The van der Waals surface area contributed by atoms with Crippen LogP contribution in [0.1, 0.15) is 67.1 Å². The van der Waals surface area contributed by atoms with Crippen molar-refractivity contribution in [3.8, 4) is 0 Å². The second-order valence-electron chi connectivity index (χ2n) is 6.73. The minimum absolute atomic E-state index is 0.0673. The van der Waals surface area contributed by atoms with Crippen LogP contribution in [0.15, 0.2) is 24.4 Å². The third kappa shape index (κ3) is 3.67. The number of likely N-dealkylation sites (tertiary alicyclic amines) is 1. The molecule has 0 bridgehead atoms. The van der Waals surface area contributed by atoms with Crippen LogP contribution in [0.2, 0.25) is 0 Å². The Morgan fingerprint density at radius 2 is 1.92 bits per heavy atom. The molecule has 3 rings (SSSR count). The molecule has 0 saturated carbocycles. The van der Waals surface area contributed by atoms with E-state index in [1.807, 2.05) is 36.9 Å². The van der Waals surface area contributed by atoms with Gasteiger partial charge in [0.25, 0.3) is 11.8 Å². The summed E-state index contributed by atoms with van der Waals surface area (Å²) in [5.74, 6) is 0.00505. The van der Waals surface area contributed by atoms with E-state index < -0.39 is 0 Å². The molecule has 3 heterocycles. The van der Waals surface area contributed by atoms with E-state index in [9.17, 15) is 9.59 Å². The Bertz CT molecular complexity index is 760. The molecule has 0 radical (unpaired) electrons. The van der Waals surface area contributed by atoms with Gasteiger partial charge in [-0.15, -0.1) is 0 Å². The van der Waals surface area contributed by atoms with Crippen LogP contribution in [-0.4, -0.2) is 45.2 Å². The third-order valence-corrected chi connectivity index (χ3v) is 4.84. The number of rotatable bonds is 4. The summed E-state index contributed by atoms with van der Waals surface area (Å²) >= 11 is 0. The largest absolute Gasteiger partial charge is 0.348 e. The zero-order valence-electron chi connectivity index (χ0n) is 15.0. The van der Waals surface area contributed by atoms with Gasteiger partial charge in [0.1, 0.15) is 0 Å². The van der Waals surface area contributed by atoms with Gasteiger partial charge >= 0.3 is 0 Å². The quantitative estimate of drug-likeness (QED) is 0.929. The highest BCUT2D eigenvalue weighted by molar-refractivity contribution is 6.02. The first kappa shape index (κ1) is 17.5. The molecule has 1 fully saturated rings. The molecular weight excluding hydrogens is 316 g/mol. The van der Waals surface area contributed by atoms with Crippen molar-refractivity contribution < 1.29 is 9.59 Å². The fourth-order valence-electron chi connectivity index (χ4n) is 3.17. The molecular formula is C19H26N4O2. The van der Waals surface area contributed by atoms with Crippen molar-refractivity contribution in [2.75, 3.05) is 13.1 Å². The van der Waals surface area contributed by atoms with Gasteiger partial charge in [-0.3, -0.25) is 14.0 Å². The number of amides is 2. The maximum absolute atomic E-state index is 13.0. The van der Waals surface area contributed by atoms with E-state index in [-0.39, 0.29) is 17.9 Å². The maximum Gasteiger partial charge on any atom is 0.290 e. The smallest absolute Gasteiger partial charge is 0.290 e. The van der Waals surface area contributed by atoms with Gasteiger partial charge in [-0.25, -0.2) is 4.98 Å². The van der Waals surface area contributed by atoms with E-state index in [1.165, 1.54) is 0 Å². The van der Waals surface area contributed by atoms with Gasteiger partial charge in [-0.05, 0) is 38.3 Å². The maximum atomic E-state index is 13.0. The lowest BCUT2D eigenvalue weighted by Crippen LogP contribution is -2.34. The Morgan fingerprint density at radius 1 is 1.20 bits per heavy atom. The summed E-state index contributed by atoms with van der Waals surface area (Å²) in [6.45, 7) is 5.49. The van der Waals surface area contributed by atoms with Crippen molar-refractivity contribution in [1.82, 2.24) is 19.6 Å². The first-order valence-electron chi connectivity index (χ1n) is 9.19. The molecule has 134 valence electrons. The van der Waals surface area contributed by atoms with Crippen LogP contribution in [0, 0.1) is 0 Å². The highest BCUT2D eigenvalue weighted by atomic mass is 16.2. The molecule has 25 heavy (non-hydrogen) atoms. The molecule has 0 spiro atoms. The standard InChI is InChI=1S/C19H26N4O2/c1-3-14(2)20-18(24)16-15-10-6-9-13-23(15)17(21-16)19(25)22-11-7-4-5-8-12-22/h6,9-10,13-14H,3-5,7-8,11-12H2,1-2H3,(H,20,24). The van der Waals surface area contributed by atoms with Crippen molar-refractivity contribution >= 4 is 17.3 Å². The van der Waals surface area contributed by atoms with Gasteiger partial charge in [0.15, 0.2) is 5.69 Å². The lowest BCUT2D eigenvalue weighted by Gasteiger charge is -2.19. The summed E-state index contributed by atoms with van der Waals surface area (Å²) in [4.78, 5) is 31.9. The average Bonchev–Trinajstić information content (AvgIpc) is 2.80. The summed E-state index contributed by atoms with van der Waals surface area (Å²) in [6.07, 6.45) is 7.01. The number of hydrogen-bond donors (Lipinski definition) is 1. The molecule has 2 aromatic rings. The van der Waals surface area contributed by atoms with Gasteiger partial charge in [-0.1, -0.05) is 25.8 Å². The number of aromatic nitrogens is 2. The second-order valence-corrected chi connectivity index (χ2v) is 6.73. The van der Waals surface area contributed by atoms with E-state index in [2.05, 4.69) is 10.3 Å². The summed E-state index contributed by atoms with van der Waals surface area (Å²) in [5.41, 5.74) is 0.987. The SMILES string of the molecule is CCC(C)NC(=O)c1nc(C(=O)N2CCCCCC2)n2ccccc12. The van der Waals surface area contributed by atoms with Gasteiger partial charge in [0.2, 0.25) is 5.82 Å². The molecule has 1 saturated heterocycles. The van der Waals surface area contributed by atoms with Crippen LogP contribution < -0.4 is 5.32 Å². The van der Waals surface area contributed by atoms with Crippen molar-refractivity contribution in [3.05, 3.63) is 35.9 Å². The Hall–Kier alpha value is -2.37. The number of nitrogens with zero attached hydrogens (tertiary/aromatic N) is 3. The van der Waals surface area contributed by atoms with Crippen LogP contribution in [0.4, 0.5) is 0 Å². The van der Waals surface area contributed by atoms with E-state index in [1.54, 1.807) is 10.6 Å². The first-order chi connectivity index (χ1) is 12.1. The van der Waals surface area contributed by atoms with E-state index >= 15 is 0 Å². The number of nitrogens with one attached hydrogen (secondary N) is 1. The van der Waals surface area contributed by atoms with Crippen LogP contribution >= 0.6 is 0 Å². The Morgan fingerprint density at radius 3 is 2.60 bits per heavy atom. The molecule has 1 N–H and O–H groups in total. The number of pyridine rings is 1. The second kappa shape index (κ2) is 7.68. The Balaban J connectivity index is 1.95. The fourth-order valence-corrected chi connectivity index (χ4v) is 3.17. The molecule has 0 aliphatic carbocycles. The van der Waals surface area contributed by atoms with Gasteiger partial charge in [0, 0.05) is 25.3 Å². The molecule has 0 aromatic carbocycles. The van der Waals surface area contributed by atoms with Crippen molar-refractivity contribution in [2.45, 2.75) is 52.0 Å². The summed E-state index contributed by atoms with van der Waals surface area (Å²) < 4.78 is 1.73. The van der Waals surface area contributed by atoms with Crippen LogP contribution in [0.25, 0.3) is 5.52 Å². The molecule has 1 aliphatic heterocycles. The average molecular weight is 342 g/mol. The summed E-state index contributed by atoms with van der Waals surface area (Å²) in [7, 11) is 0. The minimum atomic E-state index is -0.229. The highest BCUT2D eigenvalue weighted by Crippen LogP contribution is 2.17. The van der Waals surface area contributed by atoms with Crippen molar-refractivity contribution in [1.29, 1.82) is 0 Å². The molecule has 2 amide bonds. The zero-order chi connectivity index (χ0) is 17.8. The molecule has 1 atom stereocenters. The number of carbonyl (C=O) groups is 2. The van der Waals surface area contributed by atoms with Crippen molar-refractivity contribution in [2.24, 2.45) is 0 Å². The highest BCUT2D eigenvalue weighted by Gasteiger charge is 2.25. The van der Waals surface area contributed by atoms with Gasteiger partial charge in [-0.2, -0.15) is 0 Å². The molecule has 6 heteroatoms. The number of fused-ring (bicyclic) bond motifs is 1. The van der Waals surface area contributed by atoms with Crippen LogP contribution in [-0.2, 0) is 0 Å². The van der Waals surface area contributed by atoms with E-state index in [0.29, 0.717) is 17.0 Å². The van der Waals surface area contributed by atoms with Crippen LogP contribution in [0.5, 0.6) is 0 Å². The van der Waals surface area contributed by atoms with Gasteiger partial charge in [0.05, 0.1) is 5.52 Å². The predicted octanol–water partition coefficient (Wildman–Crippen LogP) is 2.88. The van der Waals surface area contributed by atoms with Crippen LogP contribution in [0.3, 0.4) is 0 Å². The molecule has 2 aromatic heterocycles. The zero-order valence-corrected chi connectivity index (χ0v) is 15.0. The topological polar surface area (TPSA) is 66.7 Å². The summed E-state index contributed by atoms with van der Waals surface area (Å²) in [5, 5.41) is 2.94. The molecule has 1 unspecified atom stereocenters. The minimum Gasteiger partial charge on any atom is -0.348 e. The lowest BCUT2D eigenvalue weighted by molar-refractivity contribution is 0.0748. The molecule has 6 nitrogen and oxygen atoms in total. The normalized spacial score (nSPS) is 16.5. The third-order valence-electron chi connectivity index (χ3n) is 4.84. The van der Waals surface area contributed by atoms with E-state index in [0.717, 1.165) is 45.2 Å². The van der Waals surface area contributed by atoms with Crippen molar-refractivity contribution in [3.63, 3.8) is 0 Å². The van der Waals surface area contributed by atoms with E-state index in [4.69, 9.17) is 0 Å². The molecule has 1 aliphatic rings. The number of carbonyl (C=O) groups excluding carboxylic acids is 2. The van der Waals surface area contributed by atoms with Gasteiger partial charge < -0.3 is 10.2 Å². The Labute approximate surface area is 148 Å². The summed E-state index contributed by atoms with van der Waals surface area (Å²) in [6, 6.07) is 5.61. The predicted molar refractivity (Wildman–Crippen MR) is 96.8 cm³/mol. The Kier molecular flexibility index (Phi) is 5.36. The monoisotopic (exact) mass is 342 g/mol. The number of imidazole rings is 1. The fraction of sp³-hybridized carbons (Fsp3) is 0.526. The lowest BCUT2D eigenvalue weighted by atomic mass is 10.2. The number of hydrogen-bond acceptors (Lipinski definition) is 3.